The lowest BCUT2D eigenvalue weighted by molar-refractivity contribution is -0.132. The summed E-state index contributed by atoms with van der Waals surface area (Å²) in [6.45, 7) is 9.29. The maximum absolute atomic E-state index is 12.9. The number of aliphatic carboxylic acids is 1. The first-order valence-corrected chi connectivity index (χ1v) is 15.5. The second-order valence-corrected chi connectivity index (χ2v) is 11.4. The van der Waals surface area contributed by atoms with E-state index in [9.17, 15) is 29.2 Å². The Kier molecular flexibility index (Phi) is 13.7. The Hall–Kier alpha value is -5.84. The number of methoxy groups -OCH3 is 2. The highest BCUT2D eigenvalue weighted by molar-refractivity contribution is 5.98. The molecule has 0 spiro atoms. The van der Waals surface area contributed by atoms with Crippen LogP contribution in [-0.4, -0.2) is 43.0 Å². The quantitative estimate of drug-likeness (QED) is 0.118. The van der Waals surface area contributed by atoms with Gasteiger partial charge in [0.05, 0.1) is 31.8 Å². The zero-order valence-electron chi connectivity index (χ0n) is 28.3. The molecule has 0 atom stereocenters. The molecule has 11 nitrogen and oxygen atoms in total. The van der Waals surface area contributed by atoms with Crippen LogP contribution in [0, 0.1) is 18.8 Å². The number of carbonyl (C=O) groups is 4. The second kappa shape index (κ2) is 17.9. The van der Waals surface area contributed by atoms with Crippen LogP contribution in [0.25, 0.3) is 0 Å². The Bertz CT molecular complexity index is 1810. The van der Waals surface area contributed by atoms with Crippen molar-refractivity contribution in [3.05, 3.63) is 134 Å². The maximum Gasteiger partial charge on any atom is 0.337 e. The summed E-state index contributed by atoms with van der Waals surface area (Å²) >= 11 is 0. The highest BCUT2D eigenvalue weighted by Gasteiger charge is 2.19. The summed E-state index contributed by atoms with van der Waals surface area (Å²) in [6.07, 6.45) is 8.65. The van der Waals surface area contributed by atoms with E-state index in [0.717, 1.165) is 16.7 Å². The predicted octanol–water partition coefficient (Wildman–Crippen LogP) is 6.02. The van der Waals surface area contributed by atoms with E-state index in [1.54, 1.807) is 30.4 Å². The smallest absolute Gasteiger partial charge is 0.337 e. The highest BCUT2D eigenvalue weighted by atomic mass is 16.5. The maximum atomic E-state index is 12.9. The lowest BCUT2D eigenvalue weighted by Crippen LogP contribution is -2.25. The topological polar surface area (TPSA) is 160 Å². The molecule has 0 heterocycles. The molecule has 256 valence electrons. The number of hydrogen-bond donors (Lipinski definition) is 3. The molecule has 0 aromatic heterocycles. The van der Waals surface area contributed by atoms with Crippen LogP contribution in [-0.2, 0) is 32.0 Å². The standard InChI is InChI=1S/C38H41N3O8/c1-7-26(19-30(37(44)41-47)25(4)39-36(43)22-29-13-15-33(48-5)34(21-29)49-6)18-28-9-8-10-32(31(20-28)38(45)46)40-35(42)16-14-27-12-11-23(2)24(3)17-27/h7-9,11-13,15,17,19-21H,1,10,14,16,18,22H2,2-6H3,(H,39,43)(H,40,42)(H,45,46)/b26-19+,30-25-. The van der Waals surface area contributed by atoms with Gasteiger partial charge in [0.25, 0.3) is 0 Å². The van der Waals surface area contributed by atoms with Crippen LogP contribution >= 0.6 is 0 Å². The minimum Gasteiger partial charge on any atom is -0.493 e. The van der Waals surface area contributed by atoms with Gasteiger partial charge in [0.15, 0.2) is 11.5 Å². The minimum absolute atomic E-state index is 0.0574. The zero-order valence-corrected chi connectivity index (χ0v) is 28.3. The Labute approximate surface area is 285 Å². The van der Waals surface area contributed by atoms with Gasteiger partial charge in [-0.15, -0.1) is 4.91 Å². The van der Waals surface area contributed by atoms with Gasteiger partial charge in [-0.05, 0) is 91.3 Å². The van der Waals surface area contributed by atoms with E-state index < -0.39 is 17.8 Å². The molecule has 49 heavy (non-hydrogen) atoms. The number of amides is 3. The number of benzene rings is 2. The monoisotopic (exact) mass is 667 g/mol. The average Bonchev–Trinajstić information content (AvgIpc) is 3.28. The molecule has 2 aromatic carbocycles. The van der Waals surface area contributed by atoms with Crippen molar-refractivity contribution >= 4 is 23.7 Å². The third-order valence-corrected chi connectivity index (χ3v) is 7.90. The normalized spacial score (nSPS) is 13.4. The minimum atomic E-state index is -1.22. The molecule has 0 aliphatic heterocycles. The van der Waals surface area contributed by atoms with Gasteiger partial charge in [-0.3, -0.25) is 14.4 Å². The van der Waals surface area contributed by atoms with Gasteiger partial charge < -0.3 is 25.2 Å². The van der Waals surface area contributed by atoms with Crippen LogP contribution in [0.5, 0.6) is 11.5 Å². The number of aryl methyl sites for hydroxylation is 3. The first-order valence-electron chi connectivity index (χ1n) is 15.5. The summed E-state index contributed by atoms with van der Waals surface area (Å²) in [5.41, 5.74) is 5.03. The number of nitrogens with zero attached hydrogens (tertiary/aromatic N) is 1. The highest BCUT2D eigenvalue weighted by Crippen LogP contribution is 2.28. The molecule has 3 N–H and O–H groups in total. The number of carboxylic acids is 1. The van der Waals surface area contributed by atoms with E-state index in [1.807, 2.05) is 32.0 Å². The Morgan fingerprint density at radius 2 is 1.67 bits per heavy atom. The third kappa shape index (κ3) is 10.9. The summed E-state index contributed by atoms with van der Waals surface area (Å²) in [7, 11) is 2.98. The molecule has 0 radical (unpaired) electrons. The van der Waals surface area contributed by atoms with Gasteiger partial charge in [-0.25, -0.2) is 4.79 Å². The number of rotatable bonds is 15. The van der Waals surface area contributed by atoms with Crippen molar-refractivity contribution in [3.63, 3.8) is 0 Å². The van der Waals surface area contributed by atoms with Crippen LogP contribution in [0.2, 0.25) is 0 Å². The molecule has 3 amide bonds. The van der Waals surface area contributed by atoms with Gasteiger partial charge in [0, 0.05) is 29.4 Å². The molecule has 0 fully saturated rings. The molecule has 3 rings (SSSR count). The van der Waals surface area contributed by atoms with Crippen molar-refractivity contribution in [2.45, 2.75) is 52.9 Å². The fourth-order valence-electron chi connectivity index (χ4n) is 5.10. The fourth-order valence-corrected chi connectivity index (χ4v) is 5.10. The van der Waals surface area contributed by atoms with Gasteiger partial charge in [-0.2, -0.15) is 0 Å². The third-order valence-electron chi connectivity index (χ3n) is 7.90. The molecule has 0 bridgehead atoms. The van der Waals surface area contributed by atoms with Gasteiger partial charge in [0.2, 0.25) is 11.8 Å². The summed E-state index contributed by atoms with van der Waals surface area (Å²) < 4.78 is 10.5. The SMILES string of the molecule is C=C/C(=C\C(C(=O)N=O)=C(/C)NC(=O)Cc1ccc(OC)c(OC)c1)CC1=CC(C(=O)O)=C(NC(=O)CCc2ccc(C)c(C)c2)CC=C1. The van der Waals surface area contributed by atoms with Crippen LogP contribution in [0.15, 0.2) is 112 Å². The predicted molar refractivity (Wildman–Crippen MR) is 187 cm³/mol. The molecule has 1 aliphatic rings. The van der Waals surface area contributed by atoms with Crippen LogP contribution < -0.4 is 20.1 Å². The molecule has 0 unspecified atom stereocenters. The first-order chi connectivity index (χ1) is 23.4. The van der Waals surface area contributed by atoms with Crippen molar-refractivity contribution in [2.75, 3.05) is 14.2 Å². The summed E-state index contributed by atoms with van der Waals surface area (Å²) in [5, 5.41) is 18.0. The van der Waals surface area contributed by atoms with Gasteiger partial charge in [-0.1, -0.05) is 49.1 Å². The number of carbonyl (C=O) groups excluding carboxylic acids is 3. The van der Waals surface area contributed by atoms with Crippen molar-refractivity contribution < 1.29 is 33.8 Å². The number of nitrogens with one attached hydrogen (secondary N) is 2. The number of carboxylic acid groups (broad SMARTS) is 1. The van der Waals surface area contributed by atoms with E-state index in [0.29, 0.717) is 34.6 Å². The first kappa shape index (κ1) is 37.6. The molecule has 0 saturated carbocycles. The van der Waals surface area contributed by atoms with Gasteiger partial charge in [0.1, 0.15) is 0 Å². The largest absolute Gasteiger partial charge is 0.493 e. The van der Waals surface area contributed by atoms with Crippen LogP contribution in [0.4, 0.5) is 0 Å². The van der Waals surface area contributed by atoms with E-state index >= 15 is 0 Å². The average molecular weight is 668 g/mol. The number of ether oxygens (including phenoxy) is 2. The molecule has 11 heteroatoms. The molecule has 1 aliphatic carbocycles. The van der Waals surface area contributed by atoms with E-state index in [4.69, 9.17) is 9.47 Å². The Morgan fingerprint density at radius 1 is 0.959 bits per heavy atom. The Morgan fingerprint density at radius 3 is 2.31 bits per heavy atom. The Balaban J connectivity index is 1.81. The van der Waals surface area contributed by atoms with Crippen LogP contribution in [0.3, 0.4) is 0 Å². The lowest BCUT2D eigenvalue weighted by Gasteiger charge is -2.12. The number of hydrogen-bond acceptors (Lipinski definition) is 7. The number of allylic oxidation sites excluding steroid dienone is 6. The van der Waals surface area contributed by atoms with Crippen molar-refractivity contribution in [3.8, 4) is 11.5 Å². The van der Waals surface area contributed by atoms with Crippen molar-refractivity contribution in [1.29, 1.82) is 0 Å². The molecular formula is C38H41N3O8. The van der Waals surface area contributed by atoms with E-state index in [-0.39, 0.29) is 54.1 Å². The van der Waals surface area contributed by atoms with Crippen LogP contribution in [0.1, 0.15) is 48.4 Å². The summed E-state index contributed by atoms with van der Waals surface area (Å²) in [6, 6.07) is 11.0. The zero-order chi connectivity index (χ0) is 36.1. The second-order valence-electron chi connectivity index (χ2n) is 11.4. The van der Waals surface area contributed by atoms with E-state index in [2.05, 4.69) is 22.4 Å². The molecular weight excluding hydrogens is 626 g/mol. The molecule has 2 aromatic rings. The summed E-state index contributed by atoms with van der Waals surface area (Å²) in [5.74, 6) is -2.13. The lowest BCUT2D eigenvalue weighted by atomic mass is 9.99. The summed E-state index contributed by atoms with van der Waals surface area (Å²) in [4.78, 5) is 61.8. The molecule has 0 saturated heterocycles. The number of nitroso groups, excluding NO2 is 1. The van der Waals surface area contributed by atoms with Gasteiger partial charge >= 0.3 is 11.9 Å². The van der Waals surface area contributed by atoms with Crippen molar-refractivity contribution in [2.24, 2.45) is 5.18 Å². The van der Waals surface area contributed by atoms with E-state index in [1.165, 1.54) is 39.4 Å². The van der Waals surface area contributed by atoms with Crippen molar-refractivity contribution in [1.82, 2.24) is 10.6 Å². The fraction of sp³-hybridized carbons (Fsp3) is 0.263.